The lowest BCUT2D eigenvalue weighted by Gasteiger charge is -2.12. The monoisotopic (exact) mass is 374 g/mol. The van der Waals surface area contributed by atoms with Gasteiger partial charge in [0.2, 0.25) is 5.88 Å². The molecule has 138 valence electrons. The zero-order valence-corrected chi connectivity index (χ0v) is 14.6. The Labute approximate surface area is 160 Å². The fourth-order valence-corrected chi connectivity index (χ4v) is 2.70. The van der Waals surface area contributed by atoms with Crippen LogP contribution in [0.1, 0.15) is 36.6 Å². The first-order valence-electron chi connectivity index (χ1n) is 8.46. The molecule has 7 nitrogen and oxygen atoms in total. The second-order valence-electron chi connectivity index (χ2n) is 5.99. The van der Waals surface area contributed by atoms with E-state index in [1.165, 1.54) is 30.5 Å². The van der Waals surface area contributed by atoms with Gasteiger partial charge in [-0.25, -0.2) is 9.78 Å². The number of imide groups is 1. The molecule has 1 aliphatic rings. The van der Waals surface area contributed by atoms with Crippen LogP contribution in [0.5, 0.6) is 5.88 Å². The summed E-state index contributed by atoms with van der Waals surface area (Å²) in [5.74, 6) is -1.88. The van der Waals surface area contributed by atoms with E-state index in [0.29, 0.717) is 17.6 Å². The first-order valence-corrected chi connectivity index (χ1v) is 8.46. The van der Waals surface area contributed by atoms with Crippen LogP contribution >= 0.6 is 0 Å². The summed E-state index contributed by atoms with van der Waals surface area (Å²) in [6.45, 7) is 0.340. The Kier molecular flexibility index (Phi) is 4.55. The largest absolute Gasteiger partial charge is 0.473 e. The SMILES string of the molecule is O=C(ON1C(=O)c2ccccc2C1=O)c1ccc(OCc2ccccc2)nc1. The predicted molar refractivity (Wildman–Crippen MR) is 97.4 cm³/mol. The number of benzene rings is 2. The van der Waals surface area contributed by atoms with Gasteiger partial charge in [-0.15, -0.1) is 0 Å². The minimum absolute atomic E-state index is 0.0867. The number of pyridine rings is 1. The van der Waals surface area contributed by atoms with E-state index < -0.39 is 17.8 Å². The molecule has 0 atom stereocenters. The normalized spacial score (nSPS) is 12.6. The van der Waals surface area contributed by atoms with Gasteiger partial charge in [-0.3, -0.25) is 9.59 Å². The molecule has 0 radical (unpaired) electrons. The highest BCUT2D eigenvalue weighted by Gasteiger charge is 2.38. The minimum atomic E-state index is -0.864. The summed E-state index contributed by atoms with van der Waals surface area (Å²) in [6.07, 6.45) is 1.26. The molecule has 7 heteroatoms. The summed E-state index contributed by atoms with van der Waals surface area (Å²) in [6, 6.07) is 18.8. The number of nitrogens with zero attached hydrogens (tertiary/aromatic N) is 2. The van der Waals surface area contributed by atoms with Crippen LogP contribution < -0.4 is 4.74 Å². The molecule has 2 aromatic carbocycles. The first kappa shape index (κ1) is 17.4. The van der Waals surface area contributed by atoms with E-state index in [1.54, 1.807) is 12.1 Å². The van der Waals surface area contributed by atoms with Crippen molar-refractivity contribution >= 4 is 17.8 Å². The lowest BCUT2D eigenvalue weighted by molar-refractivity contribution is -0.0584. The summed E-state index contributed by atoms with van der Waals surface area (Å²) in [4.78, 5) is 45.8. The van der Waals surface area contributed by atoms with Crippen molar-refractivity contribution in [2.45, 2.75) is 6.61 Å². The molecule has 2 heterocycles. The third kappa shape index (κ3) is 3.33. The first-order chi connectivity index (χ1) is 13.6. The number of hydrogen-bond acceptors (Lipinski definition) is 6. The number of ether oxygens (including phenoxy) is 1. The van der Waals surface area contributed by atoms with Crippen LogP contribution in [0, 0.1) is 0 Å². The van der Waals surface area contributed by atoms with Crippen LogP contribution in [0.15, 0.2) is 72.9 Å². The number of hydroxylamine groups is 2. The fourth-order valence-electron chi connectivity index (χ4n) is 2.70. The van der Waals surface area contributed by atoms with Crippen LogP contribution in [-0.4, -0.2) is 27.8 Å². The van der Waals surface area contributed by atoms with E-state index in [9.17, 15) is 14.4 Å². The Bertz CT molecular complexity index is 1010. The summed E-state index contributed by atoms with van der Waals surface area (Å²) in [5.41, 5.74) is 1.47. The van der Waals surface area contributed by atoms with Crippen molar-refractivity contribution in [3.63, 3.8) is 0 Å². The lowest BCUT2D eigenvalue weighted by Crippen LogP contribution is -2.32. The molecular weight excluding hydrogens is 360 g/mol. The van der Waals surface area contributed by atoms with E-state index in [1.807, 2.05) is 30.3 Å². The Hall–Kier alpha value is -4.00. The van der Waals surface area contributed by atoms with E-state index in [-0.39, 0.29) is 16.7 Å². The van der Waals surface area contributed by atoms with E-state index >= 15 is 0 Å². The third-order valence-electron chi connectivity index (χ3n) is 4.13. The van der Waals surface area contributed by atoms with Gasteiger partial charge >= 0.3 is 5.97 Å². The van der Waals surface area contributed by atoms with Crippen molar-refractivity contribution in [3.8, 4) is 5.88 Å². The lowest BCUT2D eigenvalue weighted by atomic mass is 10.1. The molecule has 2 amide bonds. The zero-order chi connectivity index (χ0) is 19.5. The second kappa shape index (κ2) is 7.32. The van der Waals surface area contributed by atoms with E-state index in [4.69, 9.17) is 9.57 Å². The standard InChI is InChI=1S/C21H14N2O5/c24-19-16-8-4-5-9-17(16)20(25)23(19)28-21(26)15-10-11-18(22-12-15)27-13-14-6-2-1-3-7-14/h1-12H,13H2. The van der Waals surface area contributed by atoms with E-state index in [2.05, 4.69) is 4.98 Å². The number of hydrogen-bond donors (Lipinski definition) is 0. The van der Waals surface area contributed by atoms with Crippen molar-refractivity contribution in [2.24, 2.45) is 0 Å². The number of fused-ring (bicyclic) bond motifs is 1. The molecule has 3 aromatic rings. The highest BCUT2D eigenvalue weighted by atomic mass is 16.7. The molecule has 0 saturated carbocycles. The van der Waals surface area contributed by atoms with Crippen LogP contribution in [0.3, 0.4) is 0 Å². The summed E-state index contributed by atoms with van der Waals surface area (Å²) in [7, 11) is 0. The zero-order valence-electron chi connectivity index (χ0n) is 14.6. The quantitative estimate of drug-likeness (QED) is 0.638. The van der Waals surface area contributed by atoms with Crippen molar-refractivity contribution in [2.75, 3.05) is 0 Å². The fraction of sp³-hybridized carbons (Fsp3) is 0.0476. The number of rotatable bonds is 5. The Morgan fingerprint density at radius 3 is 2.11 bits per heavy atom. The molecule has 1 aromatic heterocycles. The molecule has 0 spiro atoms. The topological polar surface area (TPSA) is 85.8 Å². The molecule has 4 rings (SSSR count). The molecule has 1 aliphatic heterocycles. The van der Waals surface area contributed by atoms with Gasteiger partial charge in [0.05, 0.1) is 16.7 Å². The van der Waals surface area contributed by atoms with Gasteiger partial charge in [0, 0.05) is 12.3 Å². The molecular formula is C21H14N2O5. The van der Waals surface area contributed by atoms with Gasteiger partial charge in [0.1, 0.15) is 6.61 Å². The van der Waals surface area contributed by atoms with Crippen molar-refractivity contribution < 1.29 is 24.0 Å². The number of carbonyl (C=O) groups excluding carboxylic acids is 3. The highest BCUT2D eigenvalue weighted by molar-refractivity contribution is 6.21. The number of carbonyl (C=O) groups is 3. The Morgan fingerprint density at radius 2 is 1.50 bits per heavy atom. The molecule has 28 heavy (non-hydrogen) atoms. The molecule has 0 saturated heterocycles. The molecule has 0 aliphatic carbocycles. The van der Waals surface area contributed by atoms with Gasteiger partial charge in [-0.2, -0.15) is 0 Å². The van der Waals surface area contributed by atoms with Crippen molar-refractivity contribution in [3.05, 3.63) is 95.2 Å². The molecule has 0 bridgehead atoms. The van der Waals surface area contributed by atoms with Crippen LogP contribution in [0.2, 0.25) is 0 Å². The minimum Gasteiger partial charge on any atom is -0.473 e. The Morgan fingerprint density at radius 1 is 0.857 bits per heavy atom. The maximum atomic E-state index is 12.3. The van der Waals surface area contributed by atoms with Crippen molar-refractivity contribution in [1.29, 1.82) is 0 Å². The number of aromatic nitrogens is 1. The van der Waals surface area contributed by atoms with Crippen molar-refractivity contribution in [1.82, 2.24) is 10.0 Å². The summed E-state index contributed by atoms with van der Waals surface area (Å²) < 4.78 is 5.55. The van der Waals surface area contributed by atoms with Gasteiger partial charge in [0.25, 0.3) is 11.8 Å². The summed E-state index contributed by atoms with van der Waals surface area (Å²) >= 11 is 0. The average Bonchev–Trinajstić information content (AvgIpc) is 2.98. The second-order valence-corrected chi connectivity index (χ2v) is 5.99. The predicted octanol–water partition coefficient (Wildman–Crippen LogP) is 3.03. The maximum Gasteiger partial charge on any atom is 0.365 e. The highest BCUT2D eigenvalue weighted by Crippen LogP contribution is 2.23. The molecule has 0 fully saturated rings. The van der Waals surface area contributed by atoms with Crippen LogP contribution in [0.4, 0.5) is 0 Å². The molecule has 0 N–H and O–H groups in total. The van der Waals surface area contributed by atoms with Gasteiger partial charge in [0.15, 0.2) is 0 Å². The maximum absolute atomic E-state index is 12.3. The van der Waals surface area contributed by atoms with Crippen LogP contribution in [0.25, 0.3) is 0 Å². The van der Waals surface area contributed by atoms with Gasteiger partial charge in [-0.1, -0.05) is 47.5 Å². The Balaban J connectivity index is 1.40. The van der Waals surface area contributed by atoms with Gasteiger partial charge < -0.3 is 9.57 Å². The third-order valence-corrected chi connectivity index (χ3v) is 4.13. The van der Waals surface area contributed by atoms with Crippen LogP contribution in [-0.2, 0) is 11.4 Å². The number of amides is 2. The smallest absolute Gasteiger partial charge is 0.365 e. The van der Waals surface area contributed by atoms with Gasteiger partial charge in [-0.05, 0) is 23.8 Å². The molecule has 0 unspecified atom stereocenters. The summed E-state index contributed by atoms with van der Waals surface area (Å²) in [5, 5.41) is 0.465. The van der Waals surface area contributed by atoms with E-state index in [0.717, 1.165) is 5.56 Å². The average molecular weight is 374 g/mol.